The number of alkyl halides is 2. The highest BCUT2D eigenvalue weighted by Crippen LogP contribution is 2.33. The van der Waals surface area contributed by atoms with Gasteiger partial charge in [0.1, 0.15) is 0 Å². The Bertz CT molecular complexity index is 736. The molecule has 3 heterocycles. The minimum atomic E-state index is -2.87. The van der Waals surface area contributed by atoms with E-state index in [9.17, 15) is 18.7 Å². The van der Waals surface area contributed by atoms with Crippen LogP contribution in [0.15, 0.2) is 27.8 Å². The lowest BCUT2D eigenvalue weighted by molar-refractivity contribution is -0.136. The molecule has 0 aliphatic carbocycles. The molecule has 2 atom stereocenters. The van der Waals surface area contributed by atoms with Gasteiger partial charge in [0.2, 0.25) is 0 Å². The second-order valence-electron chi connectivity index (χ2n) is 6.30. The molecule has 10 heteroatoms. The monoisotopic (exact) mass is 386 g/mol. The molecular weight excluding hydrogens is 366 g/mol. The van der Waals surface area contributed by atoms with Gasteiger partial charge in [0, 0.05) is 36.3 Å². The summed E-state index contributed by atoms with van der Waals surface area (Å²) in [7, 11) is 1.26. The number of aliphatic hydroxyl groups is 1. The van der Waals surface area contributed by atoms with Gasteiger partial charge in [-0.05, 0) is 6.92 Å². The largest absolute Gasteiger partial charge is 0.466 e. The maximum Gasteiger partial charge on any atom is 0.337 e. The smallest absolute Gasteiger partial charge is 0.337 e. The quantitative estimate of drug-likeness (QED) is 0.735. The molecule has 2 aliphatic heterocycles. The van der Waals surface area contributed by atoms with E-state index in [0.717, 1.165) is 0 Å². The van der Waals surface area contributed by atoms with Crippen molar-refractivity contribution in [3.8, 4) is 0 Å². The predicted octanol–water partition coefficient (Wildman–Crippen LogP) is 1.01. The lowest BCUT2D eigenvalue weighted by atomic mass is 10.0. The SMILES string of the molecule is COC(=O)C1=C(CN2CC(F)(F)CC2CO)NC(c2nccs2)=NC1C. The van der Waals surface area contributed by atoms with Gasteiger partial charge in [-0.1, -0.05) is 0 Å². The van der Waals surface area contributed by atoms with Gasteiger partial charge in [0.25, 0.3) is 5.92 Å². The first-order valence-electron chi connectivity index (χ1n) is 8.13. The number of amidine groups is 1. The molecule has 3 rings (SSSR count). The second kappa shape index (κ2) is 7.37. The van der Waals surface area contributed by atoms with Crippen molar-refractivity contribution in [3.63, 3.8) is 0 Å². The molecule has 0 aromatic carbocycles. The van der Waals surface area contributed by atoms with Gasteiger partial charge in [-0.2, -0.15) is 0 Å². The molecule has 0 saturated carbocycles. The summed E-state index contributed by atoms with van der Waals surface area (Å²) in [4.78, 5) is 22.3. The van der Waals surface area contributed by atoms with Crippen LogP contribution >= 0.6 is 11.3 Å². The number of likely N-dealkylation sites (tertiary alicyclic amines) is 1. The summed E-state index contributed by atoms with van der Waals surface area (Å²) in [5.41, 5.74) is 0.736. The van der Waals surface area contributed by atoms with E-state index in [0.29, 0.717) is 22.1 Å². The average molecular weight is 386 g/mol. The third-order valence-corrected chi connectivity index (χ3v) is 5.21. The van der Waals surface area contributed by atoms with Crippen LogP contribution in [0.2, 0.25) is 0 Å². The Morgan fingerprint density at radius 2 is 2.35 bits per heavy atom. The number of hydrogen-bond donors (Lipinski definition) is 2. The molecule has 2 N–H and O–H groups in total. The summed E-state index contributed by atoms with van der Waals surface area (Å²) in [6, 6.07) is -1.18. The van der Waals surface area contributed by atoms with Crippen LogP contribution in [0.3, 0.4) is 0 Å². The fourth-order valence-electron chi connectivity index (χ4n) is 3.26. The highest BCUT2D eigenvalue weighted by molar-refractivity contribution is 7.11. The van der Waals surface area contributed by atoms with E-state index in [1.165, 1.54) is 23.3 Å². The average Bonchev–Trinajstić information content (AvgIpc) is 3.21. The molecular formula is C16H20F2N4O3S. The molecule has 2 aliphatic rings. The van der Waals surface area contributed by atoms with Crippen molar-refractivity contribution in [1.29, 1.82) is 0 Å². The van der Waals surface area contributed by atoms with Crippen LogP contribution in [0.4, 0.5) is 8.78 Å². The molecule has 1 aromatic heterocycles. The van der Waals surface area contributed by atoms with E-state index < -0.39 is 36.9 Å². The number of esters is 1. The van der Waals surface area contributed by atoms with Crippen molar-refractivity contribution >= 4 is 23.1 Å². The zero-order chi connectivity index (χ0) is 18.9. The van der Waals surface area contributed by atoms with Gasteiger partial charge in [-0.15, -0.1) is 11.3 Å². The number of aliphatic imine (C=N–C) groups is 1. The first-order chi connectivity index (χ1) is 12.3. The van der Waals surface area contributed by atoms with Gasteiger partial charge in [-0.25, -0.2) is 18.6 Å². The Balaban J connectivity index is 1.90. The van der Waals surface area contributed by atoms with E-state index in [2.05, 4.69) is 15.3 Å². The first-order valence-corrected chi connectivity index (χ1v) is 9.01. The topological polar surface area (TPSA) is 87.0 Å². The number of ether oxygens (including phenoxy) is 1. The molecule has 0 amide bonds. The molecule has 0 spiro atoms. The molecule has 1 saturated heterocycles. The van der Waals surface area contributed by atoms with Crippen LogP contribution < -0.4 is 5.32 Å². The second-order valence-corrected chi connectivity index (χ2v) is 7.20. The van der Waals surface area contributed by atoms with Gasteiger partial charge in [-0.3, -0.25) is 9.89 Å². The number of nitrogens with zero attached hydrogens (tertiary/aromatic N) is 3. The van der Waals surface area contributed by atoms with E-state index in [-0.39, 0.29) is 13.2 Å². The number of carbonyl (C=O) groups excluding carboxylic acids is 1. The lowest BCUT2D eigenvalue weighted by Gasteiger charge is -2.29. The molecule has 0 bridgehead atoms. The Kier molecular flexibility index (Phi) is 5.35. The molecule has 0 radical (unpaired) electrons. The standard InChI is InChI=1S/C16H20F2N4O3S/c1-9-12(15(24)25-2)11(21-13(20-9)14-19-3-4-26-14)6-22-8-16(17,18)5-10(22)7-23/h3-4,9-10,23H,5-8H2,1-2H3,(H,20,21). The first kappa shape index (κ1) is 18.9. The van der Waals surface area contributed by atoms with Crippen LogP contribution in [-0.2, 0) is 9.53 Å². The third-order valence-electron chi connectivity index (χ3n) is 4.43. The fraction of sp³-hybridized carbons (Fsp3) is 0.562. The van der Waals surface area contributed by atoms with Crippen LogP contribution in [0.1, 0.15) is 18.4 Å². The summed E-state index contributed by atoms with van der Waals surface area (Å²) in [5.74, 6) is -2.94. The Morgan fingerprint density at radius 1 is 1.58 bits per heavy atom. The van der Waals surface area contributed by atoms with E-state index in [1.54, 1.807) is 18.5 Å². The summed E-state index contributed by atoms with van der Waals surface area (Å²) in [6.07, 6.45) is 1.23. The summed E-state index contributed by atoms with van der Waals surface area (Å²) in [5, 5.41) is 14.9. The molecule has 26 heavy (non-hydrogen) atoms. The van der Waals surface area contributed by atoms with Crippen LogP contribution in [0.25, 0.3) is 0 Å². The zero-order valence-corrected chi connectivity index (χ0v) is 15.2. The van der Waals surface area contributed by atoms with Crippen molar-refractivity contribution in [1.82, 2.24) is 15.2 Å². The Hall–Kier alpha value is -1.91. The lowest BCUT2D eigenvalue weighted by Crippen LogP contribution is -2.43. The van der Waals surface area contributed by atoms with Crippen molar-refractivity contribution in [2.75, 3.05) is 26.8 Å². The van der Waals surface area contributed by atoms with Crippen LogP contribution in [-0.4, -0.2) is 71.6 Å². The number of halogens is 2. The minimum Gasteiger partial charge on any atom is -0.466 e. The maximum absolute atomic E-state index is 13.8. The van der Waals surface area contributed by atoms with Gasteiger partial charge < -0.3 is 15.2 Å². The Morgan fingerprint density at radius 3 is 2.96 bits per heavy atom. The molecule has 2 unspecified atom stereocenters. The highest BCUT2D eigenvalue weighted by Gasteiger charge is 2.45. The number of aliphatic hydroxyl groups excluding tert-OH is 1. The minimum absolute atomic E-state index is 0.0555. The van der Waals surface area contributed by atoms with Crippen molar-refractivity contribution in [2.24, 2.45) is 4.99 Å². The summed E-state index contributed by atoms with van der Waals surface area (Å²) < 4.78 is 32.4. The van der Waals surface area contributed by atoms with Crippen molar-refractivity contribution in [3.05, 3.63) is 27.9 Å². The number of rotatable bonds is 5. The number of hydrogen-bond acceptors (Lipinski definition) is 8. The highest BCUT2D eigenvalue weighted by atomic mass is 32.1. The molecule has 7 nitrogen and oxygen atoms in total. The number of thiazole rings is 1. The van der Waals surface area contributed by atoms with Gasteiger partial charge >= 0.3 is 5.97 Å². The predicted molar refractivity (Wildman–Crippen MR) is 92.3 cm³/mol. The van der Waals surface area contributed by atoms with Gasteiger partial charge in [0.05, 0.1) is 31.9 Å². The number of nitrogens with one attached hydrogen (secondary N) is 1. The molecule has 1 fully saturated rings. The number of aromatic nitrogens is 1. The van der Waals surface area contributed by atoms with E-state index in [4.69, 9.17) is 4.74 Å². The van der Waals surface area contributed by atoms with Crippen molar-refractivity contribution in [2.45, 2.75) is 31.4 Å². The third kappa shape index (κ3) is 3.76. The van der Waals surface area contributed by atoms with Crippen LogP contribution in [0, 0.1) is 0 Å². The normalized spacial score (nSPS) is 25.8. The summed E-state index contributed by atoms with van der Waals surface area (Å²) in [6.45, 7) is 0.943. The van der Waals surface area contributed by atoms with E-state index in [1.807, 2.05) is 0 Å². The van der Waals surface area contributed by atoms with E-state index >= 15 is 0 Å². The number of carbonyl (C=O) groups is 1. The summed E-state index contributed by atoms with van der Waals surface area (Å²) >= 11 is 1.38. The molecule has 1 aromatic rings. The van der Waals surface area contributed by atoms with Gasteiger partial charge in [0.15, 0.2) is 10.8 Å². The Labute approximate surface area is 153 Å². The fourth-order valence-corrected chi connectivity index (χ4v) is 3.85. The van der Waals surface area contributed by atoms with Crippen LogP contribution in [0.5, 0.6) is 0 Å². The molecule has 142 valence electrons. The zero-order valence-electron chi connectivity index (χ0n) is 14.4. The van der Waals surface area contributed by atoms with Crippen molar-refractivity contribution < 1.29 is 23.4 Å². The maximum atomic E-state index is 13.8. The number of methoxy groups -OCH3 is 1.